The molecule has 0 spiro atoms. The highest BCUT2D eigenvalue weighted by molar-refractivity contribution is 7.91. The van der Waals surface area contributed by atoms with Crippen molar-refractivity contribution < 1.29 is 12.8 Å². The van der Waals surface area contributed by atoms with Gasteiger partial charge in [-0.1, -0.05) is 18.5 Å². The molecule has 0 radical (unpaired) electrons. The lowest BCUT2D eigenvalue weighted by Gasteiger charge is -2.21. The molecule has 4 nitrogen and oxygen atoms in total. The van der Waals surface area contributed by atoms with E-state index in [1.54, 1.807) is 19.1 Å². The molecule has 1 aromatic heterocycles. The molecule has 116 valence electrons. The summed E-state index contributed by atoms with van der Waals surface area (Å²) in [6.07, 6.45) is 2.16. The largest absolute Gasteiger partial charge is 0.459 e. The average molecular weight is 330 g/mol. The predicted octanol–water partition coefficient (Wildman–Crippen LogP) is 3.56. The van der Waals surface area contributed by atoms with Crippen molar-refractivity contribution in [1.29, 1.82) is 0 Å². The highest BCUT2D eigenvalue weighted by Crippen LogP contribution is 2.29. The number of furan rings is 1. The van der Waals surface area contributed by atoms with E-state index >= 15 is 0 Å². The third-order valence-corrected chi connectivity index (χ3v) is 5.42. The molecule has 1 heterocycles. The van der Waals surface area contributed by atoms with Gasteiger partial charge in [-0.3, -0.25) is 0 Å². The molecule has 1 aromatic carbocycles. The highest BCUT2D eigenvalue weighted by atomic mass is 35.5. The molecule has 0 aliphatic carbocycles. The summed E-state index contributed by atoms with van der Waals surface area (Å²) >= 11 is 5.97. The number of rotatable bonds is 6. The van der Waals surface area contributed by atoms with Crippen LogP contribution >= 0.6 is 11.6 Å². The van der Waals surface area contributed by atoms with Gasteiger partial charge in [0.15, 0.2) is 9.84 Å². The maximum absolute atomic E-state index is 11.9. The summed E-state index contributed by atoms with van der Waals surface area (Å²) in [4.78, 5) is 0. The number of hydrogen-bond donors (Lipinski definition) is 1. The quantitative estimate of drug-likeness (QED) is 0.880. The molecule has 2 unspecified atom stereocenters. The van der Waals surface area contributed by atoms with E-state index in [2.05, 4.69) is 5.32 Å². The number of hydrogen-bond acceptors (Lipinski definition) is 4. The monoisotopic (exact) mass is 329 g/mol. The Morgan fingerprint density at radius 1 is 1.33 bits per heavy atom. The van der Waals surface area contributed by atoms with Gasteiger partial charge >= 0.3 is 0 Å². The van der Waals surface area contributed by atoms with E-state index in [9.17, 15) is 8.42 Å². The minimum absolute atomic E-state index is 0.369. The van der Waals surface area contributed by atoms with Crippen molar-refractivity contribution in [1.82, 2.24) is 5.32 Å². The Hall–Kier alpha value is -1.04. The number of nitrogens with one attached hydrogen (secondary N) is 1. The van der Waals surface area contributed by atoms with Crippen LogP contribution in [0.2, 0.25) is 5.02 Å². The first kappa shape index (κ1) is 16.3. The maximum atomic E-state index is 11.9. The van der Waals surface area contributed by atoms with Crippen LogP contribution in [0.3, 0.4) is 0 Å². The molecule has 0 fully saturated rings. The molecule has 0 bridgehead atoms. The van der Waals surface area contributed by atoms with Gasteiger partial charge in [-0.05, 0) is 44.2 Å². The summed E-state index contributed by atoms with van der Waals surface area (Å²) in [7, 11) is -3.17. The molecular formula is C15H20ClNO3S. The lowest BCUT2D eigenvalue weighted by molar-refractivity contribution is 0.417. The number of sulfone groups is 1. The van der Waals surface area contributed by atoms with Crippen LogP contribution in [0.15, 0.2) is 28.7 Å². The molecule has 2 rings (SSSR count). The van der Waals surface area contributed by atoms with Gasteiger partial charge in [-0.2, -0.15) is 0 Å². The normalized spacial score (nSPS) is 15.2. The molecule has 6 heteroatoms. The van der Waals surface area contributed by atoms with Crippen molar-refractivity contribution in [3.63, 3.8) is 0 Å². The zero-order chi connectivity index (χ0) is 15.6. The standard InChI is InChI=1S/C15H20ClNO3S/c1-4-7-17-15(10(2)21(3,18)19)14-9-11-8-12(16)5-6-13(11)20-14/h5-6,8-10,15,17H,4,7H2,1-3H3. The molecule has 0 saturated heterocycles. The zero-order valence-corrected chi connectivity index (χ0v) is 14.0. The second-order valence-electron chi connectivity index (χ2n) is 5.30. The fourth-order valence-corrected chi connectivity index (χ4v) is 3.14. The first-order chi connectivity index (χ1) is 9.82. The lowest BCUT2D eigenvalue weighted by atomic mass is 10.1. The minimum atomic E-state index is -3.17. The summed E-state index contributed by atoms with van der Waals surface area (Å²) in [5, 5.41) is 4.20. The summed E-state index contributed by atoms with van der Waals surface area (Å²) in [5.74, 6) is 0.624. The topological polar surface area (TPSA) is 59.3 Å². The fraction of sp³-hybridized carbons (Fsp3) is 0.467. The summed E-state index contributed by atoms with van der Waals surface area (Å²) in [5.41, 5.74) is 0.707. The Kier molecular flexibility index (Phi) is 4.96. The summed E-state index contributed by atoms with van der Waals surface area (Å²) in [6, 6.07) is 6.85. The summed E-state index contributed by atoms with van der Waals surface area (Å²) in [6.45, 7) is 4.46. The van der Waals surface area contributed by atoms with Gasteiger partial charge in [0.1, 0.15) is 11.3 Å². The van der Waals surface area contributed by atoms with Gasteiger partial charge < -0.3 is 9.73 Å². The van der Waals surface area contributed by atoms with Crippen LogP contribution in [0.4, 0.5) is 0 Å². The van der Waals surface area contributed by atoms with Gasteiger partial charge in [0.25, 0.3) is 0 Å². The molecule has 2 atom stereocenters. The van der Waals surface area contributed by atoms with E-state index < -0.39 is 15.1 Å². The third-order valence-electron chi connectivity index (χ3n) is 3.56. The van der Waals surface area contributed by atoms with Crippen LogP contribution in [-0.2, 0) is 9.84 Å². The smallest absolute Gasteiger partial charge is 0.152 e. The van der Waals surface area contributed by atoms with Crippen LogP contribution in [0.5, 0.6) is 0 Å². The van der Waals surface area contributed by atoms with Crippen LogP contribution in [-0.4, -0.2) is 26.5 Å². The molecule has 0 saturated carbocycles. The number of benzene rings is 1. The lowest BCUT2D eigenvalue weighted by Crippen LogP contribution is -2.35. The highest BCUT2D eigenvalue weighted by Gasteiger charge is 2.29. The van der Waals surface area contributed by atoms with Gasteiger partial charge in [0.05, 0.1) is 11.3 Å². The van der Waals surface area contributed by atoms with Gasteiger partial charge in [0.2, 0.25) is 0 Å². The average Bonchev–Trinajstić information content (AvgIpc) is 2.80. The van der Waals surface area contributed by atoms with E-state index in [0.717, 1.165) is 18.4 Å². The molecule has 0 amide bonds. The number of halogens is 1. The van der Waals surface area contributed by atoms with Crippen LogP contribution < -0.4 is 5.32 Å². The second kappa shape index (κ2) is 6.38. The van der Waals surface area contributed by atoms with Crippen LogP contribution in [0, 0.1) is 0 Å². The van der Waals surface area contributed by atoms with Crippen molar-refractivity contribution in [3.05, 3.63) is 35.0 Å². The van der Waals surface area contributed by atoms with E-state index in [-0.39, 0.29) is 6.04 Å². The van der Waals surface area contributed by atoms with Crippen LogP contribution in [0.25, 0.3) is 11.0 Å². The van der Waals surface area contributed by atoms with Gasteiger partial charge in [0, 0.05) is 16.7 Å². The van der Waals surface area contributed by atoms with Crippen molar-refractivity contribution >= 4 is 32.4 Å². The maximum Gasteiger partial charge on any atom is 0.152 e. The van der Waals surface area contributed by atoms with E-state index in [4.69, 9.17) is 16.0 Å². The van der Waals surface area contributed by atoms with E-state index in [1.807, 2.05) is 19.1 Å². The Morgan fingerprint density at radius 3 is 2.67 bits per heavy atom. The Labute approximate surface area is 130 Å². The van der Waals surface area contributed by atoms with E-state index in [0.29, 0.717) is 16.4 Å². The molecule has 1 N–H and O–H groups in total. The Balaban J connectivity index is 2.42. The predicted molar refractivity (Wildman–Crippen MR) is 86.6 cm³/mol. The number of fused-ring (bicyclic) bond motifs is 1. The van der Waals surface area contributed by atoms with Gasteiger partial charge in [-0.15, -0.1) is 0 Å². The Bertz CT molecular complexity index is 724. The Morgan fingerprint density at radius 2 is 2.05 bits per heavy atom. The first-order valence-corrected chi connectivity index (χ1v) is 9.27. The van der Waals surface area contributed by atoms with Crippen molar-refractivity contribution in [2.75, 3.05) is 12.8 Å². The third kappa shape index (κ3) is 3.78. The zero-order valence-electron chi connectivity index (χ0n) is 12.4. The molecule has 2 aromatic rings. The first-order valence-electron chi connectivity index (χ1n) is 6.94. The SMILES string of the molecule is CCCNC(c1cc2cc(Cl)ccc2o1)C(C)S(C)(=O)=O. The molecular weight excluding hydrogens is 310 g/mol. The van der Waals surface area contributed by atoms with Crippen molar-refractivity contribution in [2.45, 2.75) is 31.6 Å². The molecule has 0 aliphatic rings. The van der Waals surface area contributed by atoms with Crippen molar-refractivity contribution in [3.8, 4) is 0 Å². The molecule has 0 aliphatic heterocycles. The minimum Gasteiger partial charge on any atom is -0.459 e. The van der Waals surface area contributed by atoms with Crippen molar-refractivity contribution in [2.24, 2.45) is 0 Å². The van der Waals surface area contributed by atoms with E-state index in [1.165, 1.54) is 6.26 Å². The molecule has 21 heavy (non-hydrogen) atoms. The summed E-state index contributed by atoms with van der Waals surface area (Å²) < 4.78 is 29.6. The van der Waals surface area contributed by atoms with Gasteiger partial charge in [-0.25, -0.2) is 8.42 Å². The fourth-order valence-electron chi connectivity index (χ4n) is 2.23. The van der Waals surface area contributed by atoms with Crippen LogP contribution in [0.1, 0.15) is 32.1 Å². The second-order valence-corrected chi connectivity index (χ2v) is 8.14.